The first kappa shape index (κ1) is 21.0. The van der Waals surface area contributed by atoms with E-state index in [4.69, 9.17) is 9.47 Å². The Morgan fingerprint density at radius 2 is 1.93 bits per heavy atom. The number of benzene rings is 1. The van der Waals surface area contributed by atoms with Crippen molar-refractivity contribution >= 4 is 12.1 Å². The molecule has 162 valence electrons. The first-order chi connectivity index (χ1) is 14.4. The minimum atomic E-state index is -0.352. The first-order valence-electron chi connectivity index (χ1n) is 11.3. The van der Waals surface area contributed by atoms with E-state index < -0.39 is 0 Å². The second kappa shape index (κ2) is 8.44. The van der Waals surface area contributed by atoms with Crippen LogP contribution in [0.4, 0.5) is 4.79 Å². The summed E-state index contributed by atoms with van der Waals surface area (Å²) in [6, 6.07) is 10.4. The fraction of sp³-hybridized carbons (Fsp3) is 0.600. The number of hydrogen-bond donors (Lipinski definition) is 0. The van der Waals surface area contributed by atoms with Crippen LogP contribution in [0.2, 0.25) is 0 Å². The quantitative estimate of drug-likeness (QED) is 0.665. The molecule has 0 bridgehead atoms. The van der Waals surface area contributed by atoms with Gasteiger partial charge < -0.3 is 14.4 Å². The molecule has 0 spiro atoms. The number of amides is 1. The maximum absolute atomic E-state index is 13.2. The van der Waals surface area contributed by atoms with E-state index in [-0.39, 0.29) is 41.6 Å². The molecule has 1 aromatic rings. The van der Waals surface area contributed by atoms with Crippen molar-refractivity contribution < 1.29 is 19.1 Å². The zero-order valence-corrected chi connectivity index (χ0v) is 18.3. The Morgan fingerprint density at radius 3 is 2.63 bits per heavy atom. The van der Waals surface area contributed by atoms with Gasteiger partial charge in [-0.05, 0) is 48.7 Å². The number of likely N-dealkylation sites (tertiary alicyclic amines) is 1. The molecular formula is C25H33NO4. The fourth-order valence-corrected chi connectivity index (χ4v) is 5.52. The van der Waals surface area contributed by atoms with Crippen LogP contribution in [-0.4, -0.2) is 41.8 Å². The summed E-state index contributed by atoms with van der Waals surface area (Å²) in [6.07, 6.45) is 7.33. The van der Waals surface area contributed by atoms with E-state index in [0.29, 0.717) is 12.5 Å². The molecule has 3 aliphatic rings. The topological polar surface area (TPSA) is 55.8 Å². The molecule has 0 radical (unpaired) electrons. The molecule has 4 rings (SSSR count). The van der Waals surface area contributed by atoms with Crippen molar-refractivity contribution in [3.05, 3.63) is 48.0 Å². The molecule has 5 atom stereocenters. The van der Waals surface area contributed by atoms with Gasteiger partial charge in [-0.25, -0.2) is 9.59 Å². The Hall–Kier alpha value is -2.30. The number of carbonyl (C=O) groups is 2. The second-order valence-corrected chi connectivity index (χ2v) is 9.70. The van der Waals surface area contributed by atoms with E-state index in [2.05, 4.69) is 45.0 Å². The first-order valence-corrected chi connectivity index (χ1v) is 11.3. The fourth-order valence-electron chi connectivity index (χ4n) is 5.52. The van der Waals surface area contributed by atoms with Crippen molar-refractivity contribution in [3.8, 4) is 0 Å². The Kier molecular flexibility index (Phi) is 5.90. The van der Waals surface area contributed by atoms with E-state index in [0.717, 1.165) is 32.1 Å². The Bertz CT molecular complexity index is 803. The van der Waals surface area contributed by atoms with Gasteiger partial charge in [-0.2, -0.15) is 0 Å². The third kappa shape index (κ3) is 4.12. The highest BCUT2D eigenvalue weighted by Gasteiger charge is 2.44. The van der Waals surface area contributed by atoms with Gasteiger partial charge in [0.05, 0.1) is 6.04 Å². The minimum Gasteiger partial charge on any atom is -0.453 e. The van der Waals surface area contributed by atoms with Crippen molar-refractivity contribution in [3.63, 3.8) is 0 Å². The lowest BCUT2D eigenvalue weighted by Crippen LogP contribution is -2.48. The van der Waals surface area contributed by atoms with Gasteiger partial charge in [0.1, 0.15) is 12.2 Å². The molecule has 1 amide bonds. The smallest absolute Gasteiger partial charge is 0.410 e. The maximum Gasteiger partial charge on any atom is 0.410 e. The third-order valence-electron chi connectivity index (χ3n) is 7.34. The standard InChI is InChI=1S/C25H33NO4/c1-17-11-12-19(25(2,3)18-8-5-4-6-9-18)22(16-17)30-24(28)26-15-7-10-20(26)21-13-14-23(27)29-21/h4-6,8-9,13-14,17,19-22H,7,10-12,15-16H2,1-3H3/t17-,19-,20-,21+,22-/m1/s1. The largest absolute Gasteiger partial charge is 0.453 e. The molecule has 1 aromatic carbocycles. The predicted octanol–water partition coefficient (Wildman–Crippen LogP) is 4.85. The molecule has 1 aliphatic carbocycles. The van der Waals surface area contributed by atoms with Crippen molar-refractivity contribution in [1.82, 2.24) is 4.90 Å². The highest BCUT2D eigenvalue weighted by atomic mass is 16.6. The molecule has 0 unspecified atom stereocenters. The second-order valence-electron chi connectivity index (χ2n) is 9.70. The van der Waals surface area contributed by atoms with Crippen molar-refractivity contribution in [2.45, 2.75) is 76.5 Å². The predicted molar refractivity (Wildman–Crippen MR) is 115 cm³/mol. The van der Waals surface area contributed by atoms with Crippen molar-refractivity contribution in [2.75, 3.05) is 6.54 Å². The van der Waals surface area contributed by atoms with E-state index in [9.17, 15) is 9.59 Å². The molecule has 0 aromatic heterocycles. The normalized spacial score (nSPS) is 31.6. The number of esters is 1. The summed E-state index contributed by atoms with van der Waals surface area (Å²) in [6.45, 7) is 7.44. The van der Waals surface area contributed by atoms with E-state index in [1.54, 1.807) is 11.0 Å². The van der Waals surface area contributed by atoms with Crippen LogP contribution in [0.5, 0.6) is 0 Å². The van der Waals surface area contributed by atoms with Crippen LogP contribution < -0.4 is 0 Å². The van der Waals surface area contributed by atoms with Crippen LogP contribution in [0.25, 0.3) is 0 Å². The summed E-state index contributed by atoms with van der Waals surface area (Å²) in [4.78, 5) is 26.5. The van der Waals surface area contributed by atoms with E-state index in [1.807, 2.05) is 6.07 Å². The zero-order valence-electron chi connectivity index (χ0n) is 18.3. The number of carbonyl (C=O) groups excluding carboxylic acids is 2. The zero-order chi connectivity index (χ0) is 21.3. The number of nitrogens with zero attached hydrogens (tertiary/aromatic N) is 1. The van der Waals surface area contributed by atoms with Crippen LogP contribution in [0.3, 0.4) is 0 Å². The number of rotatable bonds is 4. The molecule has 30 heavy (non-hydrogen) atoms. The summed E-state index contributed by atoms with van der Waals surface area (Å²) >= 11 is 0. The summed E-state index contributed by atoms with van der Waals surface area (Å²) in [5.74, 6) is 0.482. The minimum absolute atomic E-state index is 0.0829. The number of ether oxygens (including phenoxy) is 2. The lowest BCUT2D eigenvalue weighted by Gasteiger charge is -2.44. The van der Waals surface area contributed by atoms with Crippen LogP contribution >= 0.6 is 0 Å². The van der Waals surface area contributed by atoms with E-state index >= 15 is 0 Å². The van der Waals surface area contributed by atoms with Gasteiger partial charge in [0.15, 0.2) is 0 Å². The average Bonchev–Trinajstić information content (AvgIpc) is 3.37. The molecule has 5 nitrogen and oxygen atoms in total. The van der Waals surface area contributed by atoms with Gasteiger partial charge in [0.25, 0.3) is 0 Å². The monoisotopic (exact) mass is 411 g/mol. The van der Waals surface area contributed by atoms with Crippen LogP contribution in [0.1, 0.15) is 58.4 Å². The molecule has 2 aliphatic heterocycles. The summed E-state index contributed by atoms with van der Waals surface area (Å²) in [7, 11) is 0. The van der Waals surface area contributed by atoms with Gasteiger partial charge in [-0.15, -0.1) is 0 Å². The molecule has 5 heteroatoms. The van der Waals surface area contributed by atoms with Crippen molar-refractivity contribution in [1.29, 1.82) is 0 Å². The molecule has 1 saturated heterocycles. The number of hydrogen-bond acceptors (Lipinski definition) is 4. The lowest BCUT2D eigenvalue weighted by atomic mass is 9.64. The SMILES string of the molecule is C[C@@H]1CC[C@@H](C(C)(C)c2ccccc2)[C@H](OC(=O)N2CCC[C@@H]2[C@@H]2C=CC(=O)O2)C1. The molecule has 2 fully saturated rings. The summed E-state index contributed by atoms with van der Waals surface area (Å²) < 4.78 is 11.6. The Labute approximate surface area is 179 Å². The molecule has 2 heterocycles. The summed E-state index contributed by atoms with van der Waals surface area (Å²) in [5.41, 5.74) is 1.20. The van der Waals surface area contributed by atoms with E-state index in [1.165, 1.54) is 11.6 Å². The third-order valence-corrected chi connectivity index (χ3v) is 7.34. The van der Waals surface area contributed by atoms with Crippen LogP contribution in [0, 0.1) is 11.8 Å². The van der Waals surface area contributed by atoms with Crippen LogP contribution in [-0.2, 0) is 19.7 Å². The summed E-state index contributed by atoms with van der Waals surface area (Å²) in [5, 5.41) is 0. The van der Waals surface area contributed by atoms with Gasteiger partial charge in [-0.3, -0.25) is 0 Å². The van der Waals surface area contributed by atoms with Crippen LogP contribution in [0.15, 0.2) is 42.5 Å². The molecular weight excluding hydrogens is 378 g/mol. The maximum atomic E-state index is 13.2. The average molecular weight is 412 g/mol. The lowest BCUT2D eigenvalue weighted by molar-refractivity contribution is -0.140. The van der Waals surface area contributed by atoms with Crippen molar-refractivity contribution in [2.24, 2.45) is 11.8 Å². The molecule has 1 saturated carbocycles. The van der Waals surface area contributed by atoms with Gasteiger partial charge in [-0.1, -0.05) is 57.5 Å². The van der Waals surface area contributed by atoms with Gasteiger partial charge in [0.2, 0.25) is 0 Å². The Balaban J connectivity index is 1.50. The molecule has 0 N–H and O–H groups in total. The highest BCUT2D eigenvalue weighted by Crippen LogP contribution is 2.44. The van der Waals surface area contributed by atoms with Gasteiger partial charge >= 0.3 is 12.1 Å². The van der Waals surface area contributed by atoms with Gasteiger partial charge in [0, 0.05) is 18.5 Å². The Morgan fingerprint density at radius 1 is 1.17 bits per heavy atom. The number of cyclic esters (lactones) is 1. The highest BCUT2D eigenvalue weighted by molar-refractivity contribution is 5.84.